The number of benzene rings is 10. The van der Waals surface area contributed by atoms with E-state index in [0.29, 0.717) is 0 Å². The van der Waals surface area contributed by atoms with Gasteiger partial charge in [-0.15, -0.1) is 0 Å². The van der Waals surface area contributed by atoms with Crippen LogP contribution in [0, 0.1) is 5.82 Å². The second-order valence-corrected chi connectivity index (χ2v) is 16.6. The first-order valence-electron chi connectivity index (χ1n) is 21.4. The maximum absolute atomic E-state index is 14.1. The highest BCUT2D eigenvalue weighted by Gasteiger charge is 2.51. The molecular weight excluding hydrogens is 772 g/mol. The van der Waals surface area contributed by atoms with Crippen LogP contribution < -0.4 is 9.64 Å². The van der Waals surface area contributed by atoms with E-state index in [1.165, 1.54) is 45.2 Å². The van der Waals surface area contributed by atoms with Crippen molar-refractivity contribution in [1.82, 2.24) is 4.57 Å². The maximum atomic E-state index is 14.1. The molecule has 0 fully saturated rings. The summed E-state index contributed by atoms with van der Waals surface area (Å²) in [5.74, 6) is 1.46. The summed E-state index contributed by atoms with van der Waals surface area (Å²) in [6.07, 6.45) is 0. The first kappa shape index (κ1) is 35.5. The van der Waals surface area contributed by atoms with Crippen LogP contribution in [0.4, 0.5) is 21.5 Å². The minimum atomic E-state index is -0.650. The topological polar surface area (TPSA) is 17.4 Å². The van der Waals surface area contributed by atoms with Gasteiger partial charge >= 0.3 is 0 Å². The number of rotatable bonds is 5. The summed E-state index contributed by atoms with van der Waals surface area (Å²) in [5, 5.41) is 4.68. The molecule has 0 saturated heterocycles. The average Bonchev–Trinajstić information content (AvgIpc) is 3.82. The number of hydrogen-bond donors (Lipinski definition) is 0. The first-order chi connectivity index (χ1) is 31.1. The molecule has 1 aromatic heterocycles. The van der Waals surface area contributed by atoms with Crippen molar-refractivity contribution in [3.63, 3.8) is 0 Å². The van der Waals surface area contributed by atoms with Crippen molar-refractivity contribution in [1.29, 1.82) is 0 Å². The summed E-state index contributed by atoms with van der Waals surface area (Å²) >= 11 is 0. The maximum Gasteiger partial charge on any atom is 0.132 e. The van der Waals surface area contributed by atoms with Crippen LogP contribution in [0.15, 0.2) is 224 Å². The Morgan fingerprint density at radius 1 is 0.397 bits per heavy atom. The zero-order chi connectivity index (χ0) is 41.6. The molecule has 10 aromatic carbocycles. The van der Waals surface area contributed by atoms with Crippen molar-refractivity contribution in [2.45, 2.75) is 5.41 Å². The summed E-state index contributed by atoms with van der Waals surface area (Å²) < 4.78 is 23.3. The number of fused-ring (bicyclic) bond motifs is 13. The van der Waals surface area contributed by atoms with Gasteiger partial charge in [-0.1, -0.05) is 133 Å². The second-order valence-electron chi connectivity index (χ2n) is 16.6. The van der Waals surface area contributed by atoms with Gasteiger partial charge in [-0.3, -0.25) is 0 Å². The quantitative estimate of drug-likeness (QED) is 0.172. The van der Waals surface area contributed by atoms with Gasteiger partial charge in [0.1, 0.15) is 17.3 Å². The number of aromatic nitrogens is 1. The summed E-state index contributed by atoms with van der Waals surface area (Å²) in [6, 6.07) is 79.0. The molecule has 0 bridgehead atoms. The lowest BCUT2D eigenvalue weighted by atomic mass is 9.66. The van der Waals surface area contributed by atoms with E-state index in [-0.39, 0.29) is 5.82 Å². The van der Waals surface area contributed by atoms with Crippen LogP contribution in [-0.4, -0.2) is 4.57 Å². The van der Waals surface area contributed by atoms with Gasteiger partial charge in [0, 0.05) is 44.6 Å². The fraction of sp³-hybridized carbons (Fsp3) is 0.0169. The fourth-order valence-electron chi connectivity index (χ4n) is 10.6. The molecule has 1 aliphatic carbocycles. The Hall–Kier alpha value is -8.21. The van der Waals surface area contributed by atoms with Crippen LogP contribution in [0.3, 0.4) is 0 Å². The van der Waals surface area contributed by atoms with Crippen LogP contribution in [0.1, 0.15) is 22.3 Å². The Balaban J connectivity index is 1.03. The number of nitrogens with zero attached hydrogens (tertiary/aromatic N) is 2. The zero-order valence-electron chi connectivity index (χ0n) is 34.0. The minimum Gasteiger partial charge on any atom is -0.457 e. The Labute approximate surface area is 364 Å². The third-order valence-corrected chi connectivity index (χ3v) is 13.3. The normalized spacial score (nSPS) is 14.6. The van der Waals surface area contributed by atoms with Crippen molar-refractivity contribution in [2.24, 2.45) is 0 Å². The lowest BCUT2D eigenvalue weighted by Gasteiger charge is -2.40. The lowest BCUT2D eigenvalue weighted by Crippen LogP contribution is -2.32. The van der Waals surface area contributed by atoms with Crippen molar-refractivity contribution >= 4 is 49.6 Å². The molecule has 3 nitrogen and oxygen atoms in total. The molecule has 1 atom stereocenters. The number of hydrogen-bond acceptors (Lipinski definition) is 2. The third kappa shape index (κ3) is 5.25. The molecule has 296 valence electrons. The van der Waals surface area contributed by atoms with E-state index in [4.69, 9.17) is 4.74 Å². The summed E-state index contributed by atoms with van der Waals surface area (Å²) in [5.41, 5.74) is 14.9. The van der Waals surface area contributed by atoms with E-state index in [2.05, 4.69) is 210 Å². The van der Waals surface area contributed by atoms with E-state index in [1.807, 2.05) is 12.1 Å². The van der Waals surface area contributed by atoms with E-state index >= 15 is 0 Å². The smallest absolute Gasteiger partial charge is 0.132 e. The lowest BCUT2D eigenvalue weighted by molar-refractivity contribution is 0.436. The molecular formula is C59H37FN2O. The van der Waals surface area contributed by atoms with Gasteiger partial charge in [-0.2, -0.15) is 0 Å². The molecule has 11 aromatic rings. The number of para-hydroxylation sites is 3. The predicted octanol–water partition coefficient (Wildman–Crippen LogP) is 15.7. The SMILES string of the molecule is Fc1ccc(-n2c3ccccc3c3cc(N(c4ccccc4)c4ccc5c(c4)C4(c6ccccc6Oc6cc(-c7ccc8ccccc8c7)ccc64)c4ccccc4-5)ccc32)cc1. The summed E-state index contributed by atoms with van der Waals surface area (Å²) in [6.45, 7) is 0. The predicted molar refractivity (Wildman–Crippen MR) is 256 cm³/mol. The van der Waals surface area contributed by atoms with E-state index < -0.39 is 5.41 Å². The zero-order valence-corrected chi connectivity index (χ0v) is 34.0. The Morgan fingerprint density at radius 3 is 1.94 bits per heavy atom. The molecule has 0 radical (unpaired) electrons. The molecule has 0 N–H and O–H groups in total. The van der Waals surface area contributed by atoms with Crippen LogP contribution >= 0.6 is 0 Å². The molecule has 13 rings (SSSR count). The van der Waals surface area contributed by atoms with Crippen molar-refractivity contribution in [2.75, 3.05) is 4.90 Å². The van der Waals surface area contributed by atoms with Gasteiger partial charge in [0.05, 0.1) is 16.4 Å². The van der Waals surface area contributed by atoms with Crippen molar-refractivity contribution in [3.05, 3.63) is 253 Å². The number of halogens is 1. The number of anilines is 3. The van der Waals surface area contributed by atoms with Gasteiger partial charge in [0.2, 0.25) is 0 Å². The summed E-state index contributed by atoms with van der Waals surface area (Å²) in [4.78, 5) is 2.37. The van der Waals surface area contributed by atoms with Crippen LogP contribution in [0.25, 0.3) is 60.5 Å². The number of ether oxygens (including phenoxy) is 1. The van der Waals surface area contributed by atoms with E-state index in [0.717, 1.165) is 78.3 Å². The van der Waals surface area contributed by atoms with Crippen LogP contribution in [0.2, 0.25) is 0 Å². The van der Waals surface area contributed by atoms with E-state index in [1.54, 1.807) is 0 Å². The molecule has 1 spiro atoms. The molecule has 1 unspecified atom stereocenters. The highest BCUT2D eigenvalue weighted by atomic mass is 19.1. The largest absolute Gasteiger partial charge is 0.457 e. The van der Waals surface area contributed by atoms with Gasteiger partial charge in [-0.05, 0) is 135 Å². The summed E-state index contributed by atoms with van der Waals surface area (Å²) in [7, 11) is 0. The second kappa shape index (κ2) is 13.7. The molecule has 1 aliphatic heterocycles. The average molecular weight is 809 g/mol. The molecule has 4 heteroatoms. The Morgan fingerprint density at radius 2 is 1.05 bits per heavy atom. The molecule has 2 heterocycles. The van der Waals surface area contributed by atoms with Gasteiger partial charge in [0.15, 0.2) is 0 Å². The highest BCUT2D eigenvalue weighted by Crippen LogP contribution is 2.63. The van der Waals surface area contributed by atoms with Gasteiger partial charge in [-0.25, -0.2) is 4.39 Å². The van der Waals surface area contributed by atoms with Crippen molar-refractivity contribution < 1.29 is 9.13 Å². The Kier molecular flexibility index (Phi) is 7.70. The minimum absolute atomic E-state index is 0.252. The van der Waals surface area contributed by atoms with Gasteiger partial charge < -0.3 is 14.2 Å². The molecule has 63 heavy (non-hydrogen) atoms. The Bertz CT molecular complexity index is 3630. The third-order valence-electron chi connectivity index (χ3n) is 13.3. The first-order valence-corrected chi connectivity index (χ1v) is 21.4. The monoisotopic (exact) mass is 808 g/mol. The van der Waals surface area contributed by atoms with Gasteiger partial charge in [0.25, 0.3) is 0 Å². The molecule has 0 saturated carbocycles. The highest BCUT2D eigenvalue weighted by molar-refractivity contribution is 6.11. The van der Waals surface area contributed by atoms with Crippen LogP contribution in [-0.2, 0) is 5.41 Å². The van der Waals surface area contributed by atoms with E-state index in [9.17, 15) is 4.39 Å². The van der Waals surface area contributed by atoms with Crippen LogP contribution in [0.5, 0.6) is 11.5 Å². The fourth-order valence-corrected chi connectivity index (χ4v) is 10.6. The molecule has 2 aliphatic rings. The molecule has 0 amide bonds. The van der Waals surface area contributed by atoms with Crippen molar-refractivity contribution in [3.8, 4) is 39.4 Å². The standard InChI is InChI=1S/C59H37FN2O/c60-42-25-27-44(28-26-42)62-55-20-10-7-17-49(55)50-36-45(30-33-56(50)62)61(43-14-2-1-3-15-43)46-29-31-48-47-16-6-8-18-51(47)59(54(48)37-46)52-19-9-11-21-57(52)63-58-35-41(24-32-53(58)59)40-23-22-38-12-4-5-13-39(38)34-40/h1-37H.